The molecular formula is C14H20N4. The fourth-order valence-corrected chi connectivity index (χ4v) is 2.13. The summed E-state index contributed by atoms with van der Waals surface area (Å²) in [6, 6.07) is 10.8. The van der Waals surface area contributed by atoms with Gasteiger partial charge >= 0.3 is 0 Å². The first kappa shape index (κ1) is 12.8. The molecule has 1 unspecified atom stereocenters. The van der Waals surface area contributed by atoms with E-state index in [9.17, 15) is 0 Å². The fourth-order valence-electron chi connectivity index (χ4n) is 2.13. The van der Waals surface area contributed by atoms with Gasteiger partial charge in [-0.1, -0.05) is 37.3 Å². The highest BCUT2D eigenvalue weighted by molar-refractivity contribution is 5.20. The smallest absolute Gasteiger partial charge is 0.138 e. The summed E-state index contributed by atoms with van der Waals surface area (Å²) >= 11 is 0. The number of aryl methyl sites for hydroxylation is 1. The highest BCUT2D eigenvalue weighted by Gasteiger charge is 2.14. The maximum absolute atomic E-state index is 4.35. The van der Waals surface area contributed by atoms with Crippen molar-refractivity contribution in [2.45, 2.75) is 32.9 Å². The highest BCUT2D eigenvalue weighted by Crippen LogP contribution is 2.16. The molecule has 1 heterocycles. The SMILES string of the molecule is CCNC(Cc1ncnn1CC)c1ccccc1. The van der Waals surface area contributed by atoms with Gasteiger partial charge in [-0.2, -0.15) is 5.10 Å². The number of hydrogen-bond acceptors (Lipinski definition) is 3. The third-order valence-electron chi connectivity index (χ3n) is 3.03. The lowest BCUT2D eigenvalue weighted by Crippen LogP contribution is -2.24. The summed E-state index contributed by atoms with van der Waals surface area (Å²) in [7, 11) is 0. The summed E-state index contributed by atoms with van der Waals surface area (Å²) < 4.78 is 1.95. The normalized spacial score (nSPS) is 12.6. The molecule has 0 bridgehead atoms. The zero-order valence-corrected chi connectivity index (χ0v) is 11.0. The number of nitrogens with zero attached hydrogens (tertiary/aromatic N) is 3. The molecule has 0 amide bonds. The average Bonchev–Trinajstić information content (AvgIpc) is 2.86. The predicted molar refractivity (Wildman–Crippen MR) is 72.3 cm³/mol. The number of aromatic nitrogens is 3. The van der Waals surface area contributed by atoms with Crippen LogP contribution in [-0.2, 0) is 13.0 Å². The van der Waals surface area contributed by atoms with Crippen LogP contribution >= 0.6 is 0 Å². The summed E-state index contributed by atoms with van der Waals surface area (Å²) in [6.07, 6.45) is 2.50. The quantitative estimate of drug-likeness (QED) is 0.847. The maximum Gasteiger partial charge on any atom is 0.138 e. The molecule has 1 aromatic heterocycles. The van der Waals surface area contributed by atoms with E-state index in [1.807, 2.05) is 10.7 Å². The van der Waals surface area contributed by atoms with Crippen LogP contribution in [-0.4, -0.2) is 21.3 Å². The first-order valence-electron chi connectivity index (χ1n) is 6.50. The molecule has 0 radical (unpaired) electrons. The summed E-state index contributed by atoms with van der Waals surface area (Å²) in [4.78, 5) is 4.35. The predicted octanol–water partition coefficient (Wildman–Crippen LogP) is 2.19. The van der Waals surface area contributed by atoms with Gasteiger partial charge in [-0.25, -0.2) is 4.98 Å². The fraction of sp³-hybridized carbons (Fsp3) is 0.429. The van der Waals surface area contributed by atoms with E-state index in [0.29, 0.717) is 6.04 Å². The van der Waals surface area contributed by atoms with Crippen LogP contribution in [0.15, 0.2) is 36.7 Å². The summed E-state index contributed by atoms with van der Waals surface area (Å²) in [5, 5.41) is 7.73. The molecule has 0 saturated heterocycles. The Kier molecular flexibility index (Phi) is 4.47. The minimum absolute atomic E-state index is 0.297. The number of likely N-dealkylation sites (N-methyl/N-ethyl adjacent to an activating group) is 1. The highest BCUT2D eigenvalue weighted by atomic mass is 15.3. The van der Waals surface area contributed by atoms with E-state index in [1.54, 1.807) is 6.33 Å². The van der Waals surface area contributed by atoms with Gasteiger partial charge in [0, 0.05) is 19.0 Å². The van der Waals surface area contributed by atoms with Gasteiger partial charge < -0.3 is 5.32 Å². The van der Waals surface area contributed by atoms with Crippen LogP contribution in [0.25, 0.3) is 0 Å². The first-order chi connectivity index (χ1) is 8.85. The molecule has 0 spiro atoms. The van der Waals surface area contributed by atoms with E-state index >= 15 is 0 Å². The molecule has 0 aliphatic rings. The van der Waals surface area contributed by atoms with Gasteiger partial charge in [-0.15, -0.1) is 0 Å². The summed E-state index contributed by atoms with van der Waals surface area (Å²) in [6.45, 7) is 6.02. The standard InChI is InChI=1S/C14H20N4/c1-3-15-13(12-8-6-5-7-9-12)10-14-16-11-17-18(14)4-2/h5-9,11,13,15H,3-4,10H2,1-2H3. The van der Waals surface area contributed by atoms with E-state index < -0.39 is 0 Å². The number of rotatable bonds is 6. The molecule has 18 heavy (non-hydrogen) atoms. The van der Waals surface area contributed by atoms with E-state index in [0.717, 1.165) is 25.3 Å². The molecule has 2 rings (SSSR count). The zero-order chi connectivity index (χ0) is 12.8. The Bertz CT molecular complexity index is 464. The van der Waals surface area contributed by atoms with Crippen LogP contribution in [0.3, 0.4) is 0 Å². The summed E-state index contributed by atoms with van der Waals surface area (Å²) in [5.74, 6) is 1.03. The van der Waals surface area contributed by atoms with Crippen LogP contribution in [0.2, 0.25) is 0 Å². The average molecular weight is 244 g/mol. The van der Waals surface area contributed by atoms with Crippen molar-refractivity contribution >= 4 is 0 Å². The van der Waals surface area contributed by atoms with Gasteiger partial charge in [-0.05, 0) is 19.0 Å². The van der Waals surface area contributed by atoms with Crippen molar-refractivity contribution < 1.29 is 0 Å². The largest absolute Gasteiger partial charge is 0.310 e. The Balaban J connectivity index is 2.16. The van der Waals surface area contributed by atoms with E-state index in [-0.39, 0.29) is 0 Å². The number of benzene rings is 1. The first-order valence-corrected chi connectivity index (χ1v) is 6.50. The van der Waals surface area contributed by atoms with E-state index in [2.05, 4.69) is 53.5 Å². The molecular weight excluding hydrogens is 224 g/mol. The Morgan fingerprint density at radius 2 is 2.00 bits per heavy atom. The van der Waals surface area contributed by atoms with E-state index in [1.165, 1.54) is 5.56 Å². The molecule has 1 aromatic carbocycles. The van der Waals surface area contributed by atoms with Crippen molar-refractivity contribution in [3.05, 3.63) is 48.0 Å². The second-order valence-electron chi connectivity index (χ2n) is 4.22. The van der Waals surface area contributed by atoms with Gasteiger partial charge in [0.05, 0.1) is 0 Å². The topological polar surface area (TPSA) is 42.7 Å². The molecule has 2 aromatic rings. The minimum Gasteiger partial charge on any atom is -0.310 e. The lowest BCUT2D eigenvalue weighted by atomic mass is 10.0. The van der Waals surface area contributed by atoms with Crippen molar-refractivity contribution in [2.75, 3.05) is 6.54 Å². The molecule has 0 fully saturated rings. The number of hydrogen-bond donors (Lipinski definition) is 1. The lowest BCUT2D eigenvalue weighted by Gasteiger charge is -2.18. The monoisotopic (exact) mass is 244 g/mol. The number of nitrogens with one attached hydrogen (secondary N) is 1. The van der Waals surface area contributed by atoms with Gasteiger partial charge in [0.1, 0.15) is 12.2 Å². The van der Waals surface area contributed by atoms with E-state index in [4.69, 9.17) is 0 Å². The second kappa shape index (κ2) is 6.31. The van der Waals surface area contributed by atoms with Gasteiger partial charge in [0.25, 0.3) is 0 Å². The molecule has 1 N–H and O–H groups in total. The van der Waals surface area contributed by atoms with Crippen LogP contribution < -0.4 is 5.32 Å². The Labute approximate surface area is 108 Å². The van der Waals surface area contributed by atoms with Crippen molar-refractivity contribution in [3.8, 4) is 0 Å². The third-order valence-corrected chi connectivity index (χ3v) is 3.03. The van der Waals surface area contributed by atoms with Crippen LogP contribution in [0.4, 0.5) is 0 Å². The lowest BCUT2D eigenvalue weighted by molar-refractivity contribution is 0.509. The van der Waals surface area contributed by atoms with Crippen molar-refractivity contribution in [3.63, 3.8) is 0 Å². The Morgan fingerprint density at radius 3 is 2.67 bits per heavy atom. The molecule has 1 atom stereocenters. The molecule has 96 valence electrons. The van der Waals surface area contributed by atoms with Crippen molar-refractivity contribution in [2.24, 2.45) is 0 Å². The maximum atomic E-state index is 4.35. The van der Waals surface area contributed by atoms with Crippen molar-refractivity contribution in [1.29, 1.82) is 0 Å². The van der Waals surface area contributed by atoms with Gasteiger partial charge in [0.15, 0.2) is 0 Å². The van der Waals surface area contributed by atoms with Crippen LogP contribution in [0.1, 0.15) is 31.3 Å². The minimum atomic E-state index is 0.297. The Hall–Kier alpha value is -1.68. The molecule has 4 nitrogen and oxygen atoms in total. The van der Waals surface area contributed by atoms with Gasteiger partial charge in [-0.3, -0.25) is 4.68 Å². The van der Waals surface area contributed by atoms with Crippen LogP contribution in [0.5, 0.6) is 0 Å². The molecule has 0 saturated carbocycles. The van der Waals surface area contributed by atoms with Crippen molar-refractivity contribution in [1.82, 2.24) is 20.1 Å². The van der Waals surface area contributed by atoms with Crippen LogP contribution in [0, 0.1) is 0 Å². The molecule has 4 heteroatoms. The summed E-state index contributed by atoms with van der Waals surface area (Å²) in [5.41, 5.74) is 1.30. The second-order valence-corrected chi connectivity index (χ2v) is 4.22. The zero-order valence-electron chi connectivity index (χ0n) is 11.0. The molecule has 0 aliphatic heterocycles. The Morgan fingerprint density at radius 1 is 1.22 bits per heavy atom. The third kappa shape index (κ3) is 2.96. The molecule has 0 aliphatic carbocycles. The van der Waals surface area contributed by atoms with Gasteiger partial charge in [0.2, 0.25) is 0 Å².